The van der Waals surface area contributed by atoms with Crippen LogP contribution in [0.5, 0.6) is 5.75 Å². The molecule has 0 saturated carbocycles. The second-order valence-corrected chi connectivity index (χ2v) is 5.67. The summed E-state index contributed by atoms with van der Waals surface area (Å²) in [5.74, 6) is 0.393. The lowest BCUT2D eigenvalue weighted by Crippen LogP contribution is -2.34. The summed E-state index contributed by atoms with van der Waals surface area (Å²) in [6.45, 7) is 5.94. The maximum absolute atomic E-state index is 10.1. The Kier molecular flexibility index (Phi) is 4.83. The SMILES string of the molecule is Cc1ccc(C(C)N(C)CC2CCCCO2)c(O)c1. The van der Waals surface area contributed by atoms with E-state index < -0.39 is 0 Å². The molecule has 0 spiro atoms. The van der Waals surface area contributed by atoms with Gasteiger partial charge in [0.25, 0.3) is 0 Å². The molecule has 2 rings (SSSR count). The van der Waals surface area contributed by atoms with Crippen LogP contribution in [0.15, 0.2) is 18.2 Å². The number of aryl methyl sites for hydroxylation is 1. The monoisotopic (exact) mass is 263 g/mol. The van der Waals surface area contributed by atoms with Gasteiger partial charge in [-0.2, -0.15) is 0 Å². The second kappa shape index (κ2) is 6.40. The maximum atomic E-state index is 10.1. The van der Waals surface area contributed by atoms with Crippen LogP contribution in [0, 0.1) is 6.92 Å². The zero-order chi connectivity index (χ0) is 13.8. The van der Waals surface area contributed by atoms with Gasteiger partial charge in [0, 0.05) is 24.8 Å². The van der Waals surface area contributed by atoms with Crippen molar-refractivity contribution >= 4 is 0 Å². The highest BCUT2D eigenvalue weighted by atomic mass is 16.5. The highest BCUT2D eigenvalue weighted by Crippen LogP contribution is 2.29. The van der Waals surface area contributed by atoms with E-state index in [0.29, 0.717) is 11.9 Å². The number of benzene rings is 1. The molecule has 0 radical (unpaired) electrons. The number of hydrogen-bond donors (Lipinski definition) is 1. The molecule has 3 heteroatoms. The van der Waals surface area contributed by atoms with E-state index in [0.717, 1.165) is 30.7 Å². The van der Waals surface area contributed by atoms with Gasteiger partial charge < -0.3 is 9.84 Å². The largest absolute Gasteiger partial charge is 0.508 e. The first-order valence-electron chi connectivity index (χ1n) is 7.19. The predicted molar refractivity (Wildman–Crippen MR) is 77.5 cm³/mol. The molecule has 1 fully saturated rings. The molecule has 1 aromatic carbocycles. The van der Waals surface area contributed by atoms with E-state index in [1.54, 1.807) is 0 Å². The Labute approximate surface area is 116 Å². The van der Waals surface area contributed by atoms with Gasteiger partial charge in [-0.1, -0.05) is 12.1 Å². The highest BCUT2D eigenvalue weighted by molar-refractivity contribution is 5.37. The Balaban J connectivity index is 1.99. The molecule has 1 heterocycles. The molecule has 3 nitrogen and oxygen atoms in total. The van der Waals surface area contributed by atoms with E-state index in [1.165, 1.54) is 12.8 Å². The standard InChI is InChI=1S/C16H25NO2/c1-12-7-8-15(16(18)10-12)13(2)17(3)11-14-6-4-5-9-19-14/h7-8,10,13-14,18H,4-6,9,11H2,1-3H3. The van der Waals surface area contributed by atoms with Gasteiger partial charge in [0.05, 0.1) is 6.10 Å². The van der Waals surface area contributed by atoms with E-state index in [-0.39, 0.29) is 6.04 Å². The Morgan fingerprint density at radius 3 is 2.84 bits per heavy atom. The molecule has 0 amide bonds. The highest BCUT2D eigenvalue weighted by Gasteiger charge is 2.21. The van der Waals surface area contributed by atoms with Crippen LogP contribution in [-0.2, 0) is 4.74 Å². The molecule has 2 atom stereocenters. The van der Waals surface area contributed by atoms with Crippen LogP contribution in [0.4, 0.5) is 0 Å². The predicted octanol–water partition coefficient (Wildman–Crippen LogP) is 3.26. The van der Waals surface area contributed by atoms with E-state index in [4.69, 9.17) is 4.74 Å². The molecule has 1 N–H and O–H groups in total. The Morgan fingerprint density at radius 2 is 2.21 bits per heavy atom. The lowest BCUT2D eigenvalue weighted by Gasteiger charge is -2.31. The summed E-state index contributed by atoms with van der Waals surface area (Å²) in [5.41, 5.74) is 2.08. The van der Waals surface area contributed by atoms with Crippen molar-refractivity contribution < 1.29 is 9.84 Å². The van der Waals surface area contributed by atoms with E-state index in [1.807, 2.05) is 19.1 Å². The number of hydrogen-bond acceptors (Lipinski definition) is 3. The van der Waals surface area contributed by atoms with Gasteiger partial charge in [-0.25, -0.2) is 0 Å². The van der Waals surface area contributed by atoms with Crippen LogP contribution in [0.1, 0.15) is 43.4 Å². The van der Waals surface area contributed by atoms with Gasteiger partial charge >= 0.3 is 0 Å². The lowest BCUT2D eigenvalue weighted by atomic mass is 10.0. The Morgan fingerprint density at radius 1 is 1.42 bits per heavy atom. The molecular weight excluding hydrogens is 238 g/mol. The minimum atomic E-state index is 0.200. The fourth-order valence-corrected chi connectivity index (χ4v) is 2.68. The van der Waals surface area contributed by atoms with Crippen molar-refractivity contribution in [3.8, 4) is 5.75 Å². The molecule has 1 aliphatic rings. The minimum Gasteiger partial charge on any atom is -0.508 e. The maximum Gasteiger partial charge on any atom is 0.120 e. The summed E-state index contributed by atoms with van der Waals surface area (Å²) in [4.78, 5) is 2.26. The van der Waals surface area contributed by atoms with Gasteiger partial charge in [0.15, 0.2) is 0 Å². The molecule has 0 aliphatic carbocycles. The second-order valence-electron chi connectivity index (χ2n) is 5.67. The molecule has 2 unspecified atom stereocenters. The van der Waals surface area contributed by atoms with Crippen molar-refractivity contribution in [1.82, 2.24) is 4.90 Å². The zero-order valence-electron chi connectivity index (χ0n) is 12.2. The van der Waals surface area contributed by atoms with Crippen LogP contribution < -0.4 is 0 Å². The summed E-state index contributed by atoms with van der Waals surface area (Å²) < 4.78 is 5.78. The molecule has 1 aliphatic heterocycles. The van der Waals surface area contributed by atoms with Crippen molar-refractivity contribution in [3.05, 3.63) is 29.3 Å². The molecular formula is C16H25NO2. The van der Waals surface area contributed by atoms with Gasteiger partial charge in [-0.15, -0.1) is 0 Å². The average Bonchev–Trinajstić information content (AvgIpc) is 2.39. The zero-order valence-corrected chi connectivity index (χ0v) is 12.2. The van der Waals surface area contributed by atoms with Crippen LogP contribution in [-0.4, -0.2) is 36.3 Å². The molecule has 0 aromatic heterocycles. The van der Waals surface area contributed by atoms with E-state index in [2.05, 4.69) is 24.9 Å². The number of nitrogens with zero attached hydrogens (tertiary/aromatic N) is 1. The Bertz CT molecular complexity index is 413. The Hall–Kier alpha value is -1.06. The van der Waals surface area contributed by atoms with Crippen LogP contribution in [0.25, 0.3) is 0 Å². The van der Waals surface area contributed by atoms with Gasteiger partial charge in [0.2, 0.25) is 0 Å². The van der Waals surface area contributed by atoms with E-state index in [9.17, 15) is 5.11 Å². The number of phenolic OH excluding ortho intramolecular Hbond substituents is 1. The molecule has 1 aromatic rings. The lowest BCUT2D eigenvalue weighted by molar-refractivity contribution is -0.00728. The van der Waals surface area contributed by atoms with Crippen molar-refractivity contribution in [2.75, 3.05) is 20.2 Å². The fourth-order valence-electron chi connectivity index (χ4n) is 2.68. The first-order chi connectivity index (χ1) is 9.08. The summed E-state index contributed by atoms with van der Waals surface area (Å²) >= 11 is 0. The summed E-state index contributed by atoms with van der Waals surface area (Å²) in [6, 6.07) is 6.10. The summed E-state index contributed by atoms with van der Waals surface area (Å²) in [5, 5.41) is 10.1. The van der Waals surface area contributed by atoms with Crippen LogP contribution in [0.2, 0.25) is 0 Å². The number of ether oxygens (including phenoxy) is 1. The number of likely N-dealkylation sites (N-methyl/N-ethyl adjacent to an activating group) is 1. The third kappa shape index (κ3) is 3.71. The van der Waals surface area contributed by atoms with Gasteiger partial charge in [-0.05, 0) is 51.8 Å². The first-order valence-corrected chi connectivity index (χ1v) is 7.19. The van der Waals surface area contributed by atoms with Crippen molar-refractivity contribution in [3.63, 3.8) is 0 Å². The number of aromatic hydroxyl groups is 1. The minimum absolute atomic E-state index is 0.200. The van der Waals surface area contributed by atoms with Crippen LogP contribution >= 0.6 is 0 Å². The van der Waals surface area contributed by atoms with Crippen LogP contribution in [0.3, 0.4) is 0 Å². The first kappa shape index (κ1) is 14.4. The third-order valence-electron chi connectivity index (χ3n) is 4.06. The normalized spacial score (nSPS) is 21.6. The topological polar surface area (TPSA) is 32.7 Å². The molecule has 19 heavy (non-hydrogen) atoms. The smallest absolute Gasteiger partial charge is 0.120 e. The average molecular weight is 263 g/mol. The number of phenols is 1. The molecule has 1 saturated heterocycles. The molecule has 0 bridgehead atoms. The number of rotatable bonds is 4. The van der Waals surface area contributed by atoms with Crippen molar-refractivity contribution in [2.45, 2.75) is 45.3 Å². The van der Waals surface area contributed by atoms with E-state index >= 15 is 0 Å². The summed E-state index contributed by atoms with van der Waals surface area (Å²) in [7, 11) is 2.10. The quantitative estimate of drug-likeness (QED) is 0.905. The third-order valence-corrected chi connectivity index (χ3v) is 4.06. The molecule has 106 valence electrons. The van der Waals surface area contributed by atoms with Crippen molar-refractivity contribution in [2.24, 2.45) is 0 Å². The van der Waals surface area contributed by atoms with Crippen molar-refractivity contribution in [1.29, 1.82) is 0 Å². The summed E-state index contributed by atoms with van der Waals surface area (Å²) in [6.07, 6.45) is 3.95. The van der Waals surface area contributed by atoms with Gasteiger partial charge in [-0.3, -0.25) is 4.90 Å². The van der Waals surface area contributed by atoms with Gasteiger partial charge in [0.1, 0.15) is 5.75 Å². The fraction of sp³-hybridized carbons (Fsp3) is 0.625.